The summed E-state index contributed by atoms with van der Waals surface area (Å²) >= 11 is 1.62. The van der Waals surface area contributed by atoms with Gasteiger partial charge in [0.25, 0.3) is 0 Å². The molecule has 1 aliphatic heterocycles. The first-order valence-corrected chi connectivity index (χ1v) is 11.4. The Hall–Kier alpha value is -3.44. The van der Waals surface area contributed by atoms with Crippen molar-refractivity contribution in [2.24, 2.45) is 0 Å². The molecule has 1 saturated heterocycles. The standard InChI is InChI=1S/C26H23N3OS/c30-25(19-8-3-1-4-9-19)20-13-15-21(16-14-20)27-26-28-23(18-31-26)24-12-7-17-29(24)22-10-5-2-6-11-22/h1-6,8-11,13-16,18,24H,7,12,17H2,(H,27,28)/t24-/m1/s1. The van der Waals surface area contributed by atoms with E-state index in [1.54, 1.807) is 11.3 Å². The highest BCUT2D eigenvalue weighted by molar-refractivity contribution is 7.13. The summed E-state index contributed by atoms with van der Waals surface area (Å²) in [6.45, 7) is 1.06. The van der Waals surface area contributed by atoms with Crippen LogP contribution in [0.5, 0.6) is 0 Å². The van der Waals surface area contributed by atoms with Gasteiger partial charge < -0.3 is 10.2 Å². The Morgan fingerprint density at radius 1 is 0.903 bits per heavy atom. The number of ketones is 1. The Morgan fingerprint density at radius 3 is 2.32 bits per heavy atom. The van der Waals surface area contributed by atoms with E-state index in [0.29, 0.717) is 17.2 Å². The predicted molar refractivity (Wildman–Crippen MR) is 127 cm³/mol. The number of carbonyl (C=O) groups excluding carboxylic acids is 1. The van der Waals surface area contributed by atoms with E-state index in [2.05, 4.69) is 45.9 Å². The van der Waals surface area contributed by atoms with Gasteiger partial charge in [0.1, 0.15) is 0 Å². The van der Waals surface area contributed by atoms with Gasteiger partial charge in [-0.3, -0.25) is 4.79 Å². The molecule has 0 aliphatic carbocycles. The smallest absolute Gasteiger partial charge is 0.193 e. The third-order valence-corrected chi connectivity index (χ3v) is 6.41. The van der Waals surface area contributed by atoms with Crippen molar-refractivity contribution in [2.45, 2.75) is 18.9 Å². The number of benzene rings is 3. The van der Waals surface area contributed by atoms with Crippen LogP contribution in [0.25, 0.3) is 0 Å². The maximum Gasteiger partial charge on any atom is 0.193 e. The fourth-order valence-corrected chi connectivity index (χ4v) is 4.86. The van der Waals surface area contributed by atoms with Crippen molar-refractivity contribution in [3.63, 3.8) is 0 Å². The molecule has 31 heavy (non-hydrogen) atoms. The molecule has 0 unspecified atom stereocenters. The van der Waals surface area contributed by atoms with E-state index in [0.717, 1.165) is 29.5 Å². The predicted octanol–water partition coefficient (Wildman–Crippen LogP) is 6.46. The van der Waals surface area contributed by atoms with Crippen molar-refractivity contribution < 1.29 is 4.79 Å². The molecule has 1 aliphatic rings. The van der Waals surface area contributed by atoms with E-state index in [1.807, 2.05) is 54.6 Å². The summed E-state index contributed by atoms with van der Waals surface area (Å²) in [6, 6.07) is 27.8. The number of nitrogens with one attached hydrogen (secondary N) is 1. The molecule has 3 aromatic carbocycles. The number of carbonyl (C=O) groups is 1. The number of aromatic nitrogens is 1. The van der Waals surface area contributed by atoms with E-state index in [1.165, 1.54) is 12.1 Å². The van der Waals surface area contributed by atoms with E-state index >= 15 is 0 Å². The number of nitrogens with zero attached hydrogens (tertiary/aromatic N) is 2. The molecule has 0 bridgehead atoms. The van der Waals surface area contributed by atoms with Crippen molar-refractivity contribution in [1.29, 1.82) is 0 Å². The zero-order valence-corrected chi connectivity index (χ0v) is 17.9. The highest BCUT2D eigenvalue weighted by Gasteiger charge is 2.28. The molecule has 154 valence electrons. The molecule has 0 spiro atoms. The van der Waals surface area contributed by atoms with Crippen LogP contribution in [0.2, 0.25) is 0 Å². The van der Waals surface area contributed by atoms with Crippen LogP contribution in [0.3, 0.4) is 0 Å². The molecule has 1 fully saturated rings. The molecule has 1 atom stereocenters. The normalized spacial score (nSPS) is 15.7. The fourth-order valence-electron chi connectivity index (χ4n) is 4.08. The van der Waals surface area contributed by atoms with E-state index in [4.69, 9.17) is 4.98 Å². The third-order valence-electron chi connectivity index (χ3n) is 5.64. The van der Waals surface area contributed by atoms with Crippen LogP contribution in [0.15, 0.2) is 90.3 Å². The van der Waals surface area contributed by atoms with Crippen LogP contribution < -0.4 is 10.2 Å². The van der Waals surface area contributed by atoms with Crippen LogP contribution in [0, 0.1) is 0 Å². The fraction of sp³-hybridized carbons (Fsp3) is 0.154. The molecule has 0 radical (unpaired) electrons. The Morgan fingerprint density at radius 2 is 1.58 bits per heavy atom. The van der Waals surface area contributed by atoms with Gasteiger partial charge in [0, 0.05) is 34.4 Å². The summed E-state index contributed by atoms with van der Waals surface area (Å²) in [5, 5.41) is 6.41. The Bertz CT molecular complexity index is 1160. The average Bonchev–Trinajstić information content (AvgIpc) is 3.50. The maximum atomic E-state index is 12.6. The Balaban J connectivity index is 1.28. The molecule has 1 N–H and O–H groups in total. The lowest BCUT2D eigenvalue weighted by Crippen LogP contribution is -2.22. The summed E-state index contributed by atoms with van der Waals surface area (Å²) < 4.78 is 0. The zero-order chi connectivity index (χ0) is 21.0. The van der Waals surface area contributed by atoms with Gasteiger partial charge in [0.05, 0.1) is 11.7 Å². The summed E-state index contributed by atoms with van der Waals surface area (Å²) in [4.78, 5) is 19.9. The minimum atomic E-state index is 0.0333. The van der Waals surface area contributed by atoms with Gasteiger partial charge in [-0.25, -0.2) is 4.98 Å². The van der Waals surface area contributed by atoms with Gasteiger partial charge in [-0.1, -0.05) is 48.5 Å². The number of rotatable bonds is 6. The van der Waals surface area contributed by atoms with Gasteiger partial charge in [-0.2, -0.15) is 0 Å². The van der Waals surface area contributed by atoms with Crippen molar-refractivity contribution in [2.75, 3.05) is 16.8 Å². The van der Waals surface area contributed by atoms with Crippen LogP contribution in [0.4, 0.5) is 16.5 Å². The number of para-hydroxylation sites is 1. The SMILES string of the molecule is O=C(c1ccccc1)c1ccc(Nc2nc([C@H]3CCCN3c3ccccc3)cs2)cc1. The quantitative estimate of drug-likeness (QED) is 0.360. The number of hydrogen-bond acceptors (Lipinski definition) is 5. The van der Waals surface area contributed by atoms with E-state index < -0.39 is 0 Å². The lowest BCUT2D eigenvalue weighted by Gasteiger charge is -2.25. The van der Waals surface area contributed by atoms with Crippen molar-refractivity contribution >= 4 is 33.6 Å². The van der Waals surface area contributed by atoms with Crippen LogP contribution in [0.1, 0.15) is 40.5 Å². The summed E-state index contributed by atoms with van der Waals surface area (Å²) in [6.07, 6.45) is 2.30. The molecule has 1 aromatic heterocycles. The number of thiazole rings is 1. The Kier molecular flexibility index (Phi) is 5.50. The van der Waals surface area contributed by atoms with Crippen molar-refractivity contribution in [3.05, 3.63) is 107 Å². The number of anilines is 3. The van der Waals surface area contributed by atoms with Crippen molar-refractivity contribution in [3.8, 4) is 0 Å². The maximum absolute atomic E-state index is 12.6. The van der Waals surface area contributed by atoms with Crippen molar-refractivity contribution in [1.82, 2.24) is 4.98 Å². The topological polar surface area (TPSA) is 45.2 Å². The molecule has 5 rings (SSSR count). The molecule has 2 heterocycles. The summed E-state index contributed by atoms with van der Waals surface area (Å²) in [7, 11) is 0. The minimum Gasteiger partial charge on any atom is -0.363 e. The summed E-state index contributed by atoms with van der Waals surface area (Å²) in [5.74, 6) is 0.0333. The highest BCUT2D eigenvalue weighted by Crippen LogP contribution is 2.37. The lowest BCUT2D eigenvalue weighted by atomic mass is 10.0. The molecule has 4 nitrogen and oxygen atoms in total. The van der Waals surface area contributed by atoms with Crippen LogP contribution in [-0.4, -0.2) is 17.3 Å². The van der Waals surface area contributed by atoms with Gasteiger partial charge in [-0.15, -0.1) is 11.3 Å². The third kappa shape index (κ3) is 4.23. The summed E-state index contributed by atoms with van der Waals surface area (Å²) in [5.41, 5.74) is 4.68. The molecular formula is C26H23N3OS. The zero-order valence-electron chi connectivity index (χ0n) is 17.1. The van der Waals surface area contributed by atoms with E-state index in [9.17, 15) is 4.79 Å². The molecule has 4 aromatic rings. The van der Waals surface area contributed by atoms with Crippen LogP contribution >= 0.6 is 11.3 Å². The number of hydrogen-bond donors (Lipinski definition) is 1. The second-order valence-electron chi connectivity index (χ2n) is 7.66. The Labute approximate surface area is 186 Å². The second kappa shape index (κ2) is 8.74. The van der Waals surface area contributed by atoms with Gasteiger partial charge in [0.15, 0.2) is 10.9 Å². The second-order valence-corrected chi connectivity index (χ2v) is 8.52. The highest BCUT2D eigenvalue weighted by atomic mass is 32.1. The first-order valence-electron chi connectivity index (χ1n) is 10.5. The largest absolute Gasteiger partial charge is 0.363 e. The molecule has 5 heteroatoms. The van der Waals surface area contributed by atoms with Gasteiger partial charge in [-0.05, 0) is 49.2 Å². The van der Waals surface area contributed by atoms with Gasteiger partial charge >= 0.3 is 0 Å². The first-order chi connectivity index (χ1) is 15.3. The van der Waals surface area contributed by atoms with E-state index in [-0.39, 0.29) is 5.78 Å². The minimum absolute atomic E-state index is 0.0333. The van der Waals surface area contributed by atoms with Crippen LogP contribution in [-0.2, 0) is 0 Å². The molecular weight excluding hydrogens is 402 g/mol. The first kappa shape index (κ1) is 19.5. The monoisotopic (exact) mass is 425 g/mol. The average molecular weight is 426 g/mol. The molecule has 0 saturated carbocycles. The van der Waals surface area contributed by atoms with Gasteiger partial charge in [0.2, 0.25) is 0 Å². The lowest BCUT2D eigenvalue weighted by molar-refractivity contribution is 0.103. The molecule has 0 amide bonds.